The van der Waals surface area contributed by atoms with Crippen LogP contribution in [0.15, 0.2) is 24.3 Å². The van der Waals surface area contributed by atoms with Gasteiger partial charge in [0.05, 0.1) is 0 Å². The molecule has 0 heterocycles. The van der Waals surface area contributed by atoms with Gasteiger partial charge >= 0.3 is 0 Å². The molecule has 0 spiro atoms. The van der Waals surface area contributed by atoms with E-state index in [0.29, 0.717) is 12.0 Å². The van der Waals surface area contributed by atoms with E-state index >= 15 is 0 Å². The van der Waals surface area contributed by atoms with Gasteiger partial charge in [-0.15, -0.1) is 0 Å². The summed E-state index contributed by atoms with van der Waals surface area (Å²) in [6, 6.07) is 8.11. The average molecular weight is 246 g/mol. The lowest BCUT2D eigenvalue weighted by atomic mass is 10.2. The van der Waals surface area contributed by atoms with Crippen LogP contribution in [0.5, 0.6) is 0 Å². The van der Waals surface area contributed by atoms with Crippen LogP contribution in [0.3, 0.4) is 0 Å². The molecule has 2 atom stereocenters. The highest BCUT2D eigenvalue weighted by atomic mass is 16.1. The second-order valence-electron chi connectivity index (χ2n) is 4.99. The van der Waals surface area contributed by atoms with Gasteiger partial charge in [-0.2, -0.15) is 0 Å². The van der Waals surface area contributed by atoms with Crippen LogP contribution >= 0.6 is 0 Å². The first-order valence-electron chi connectivity index (χ1n) is 6.89. The minimum atomic E-state index is 0.0537. The summed E-state index contributed by atoms with van der Waals surface area (Å²) in [5.74, 6) is 0.748. The van der Waals surface area contributed by atoms with E-state index in [1.807, 2.05) is 24.3 Å². The maximum atomic E-state index is 12.0. The molecule has 18 heavy (non-hydrogen) atoms. The lowest BCUT2D eigenvalue weighted by molar-refractivity contribution is 0.0949. The first-order chi connectivity index (χ1) is 8.74. The number of nitrogens with one attached hydrogen (secondary N) is 2. The Hall–Kier alpha value is -1.51. The smallest absolute Gasteiger partial charge is 0.251 e. The first kappa shape index (κ1) is 12.9. The molecule has 0 radical (unpaired) electrons. The van der Waals surface area contributed by atoms with Gasteiger partial charge < -0.3 is 10.6 Å². The van der Waals surface area contributed by atoms with E-state index < -0.39 is 0 Å². The first-order valence-corrected chi connectivity index (χ1v) is 6.89. The molecule has 1 aromatic carbocycles. The van der Waals surface area contributed by atoms with Crippen molar-refractivity contribution in [1.29, 1.82) is 0 Å². The van der Waals surface area contributed by atoms with Crippen molar-refractivity contribution in [3.8, 4) is 0 Å². The summed E-state index contributed by atoms with van der Waals surface area (Å²) in [5, 5.41) is 6.37. The van der Waals surface area contributed by atoms with E-state index in [9.17, 15) is 4.79 Å². The van der Waals surface area contributed by atoms with Crippen molar-refractivity contribution in [1.82, 2.24) is 5.32 Å². The van der Waals surface area contributed by atoms with Gasteiger partial charge in [0.25, 0.3) is 5.91 Å². The van der Waals surface area contributed by atoms with Crippen molar-refractivity contribution in [3.63, 3.8) is 0 Å². The van der Waals surface area contributed by atoms with Crippen LogP contribution in [0, 0.1) is 5.92 Å². The van der Waals surface area contributed by atoms with Gasteiger partial charge in [-0.1, -0.05) is 20.3 Å². The van der Waals surface area contributed by atoms with Crippen LogP contribution in [-0.4, -0.2) is 18.5 Å². The molecule has 1 aliphatic rings. The van der Waals surface area contributed by atoms with Crippen LogP contribution in [0.2, 0.25) is 0 Å². The molecule has 3 heteroatoms. The SMILES string of the molecule is CCCNc1ccc(C(=O)NC2CC2CC)cc1. The van der Waals surface area contributed by atoms with Gasteiger partial charge in [0.1, 0.15) is 0 Å². The van der Waals surface area contributed by atoms with E-state index in [2.05, 4.69) is 24.5 Å². The fourth-order valence-electron chi connectivity index (χ4n) is 2.14. The molecular formula is C15H22N2O. The Balaban J connectivity index is 1.86. The Bertz CT molecular complexity index is 399. The topological polar surface area (TPSA) is 41.1 Å². The Kier molecular flexibility index (Phi) is 4.24. The van der Waals surface area contributed by atoms with Crippen LogP contribution in [-0.2, 0) is 0 Å². The molecule has 1 amide bonds. The van der Waals surface area contributed by atoms with Gasteiger partial charge in [0.2, 0.25) is 0 Å². The molecule has 1 aromatic rings. The molecule has 0 aliphatic heterocycles. The molecule has 1 saturated carbocycles. The predicted octanol–water partition coefficient (Wildman–Crippen LogP) is 3.04. The highest BCUT2D eigenvalue weighted by molar-refractivity contribution is 5.94. The van der Waals surface area contributed by atoms with Gasteiger partial charge in [0, 0.05) is 23.8 Å². The van der Waals surface area contributed by atoms with E-state index in [1.54, 1.807) is 0 Å². The van der Waals surface area contributed by atoms with Crippen molar-refractivity contribution in [3.05, 3.63) is 29.8 Å². The van der Waals surface area contributed by atoms with Crippen LogP contribution < -0.4 is 10.6 Å². The third-order valence-corrected chi connectivity index (χ3v) is 3.49. The zero-order chi connectivity index (χ0) is 13.0. The van der Waals surface area contributed by atoms with Gasteiger partial charge in [-0.3, -0.25) is 4.79 Å². The summed E-state index contributed by atoms with van der Waals surface area (Å²) in [7, 11) is 0. The third-order valence-electron chi connectivity index (χ3n) is 3.49. The second kappa shape index (κ2) is 5.89. The number of amides is 1. The van der Waals surface area contributed by atoms with Crippen molar-refractivity contribution >= 4 is 11.6 Å². The highest BCUT2D eigenvalue weighted by Crippen LogP contribution is 2.33. The highest BCUT2D eigenvalue weighted by Gasteiger charge is 2.36. The molecule has 0 aromatic heterocycles. The predicted molar refractivity (Wildman–Crippen MR) is 74.9 cm³/mol. The Morgan fingerprint density at radius 2 is 2.00 bits per heavy atom. The van der Waals surface area contributed by atoms with E-state index in [-0.39, 0.29) is 5.91 Å². The quantitative estimate of drug-likeness (QED) is 0.810. The minimum absolute atomic E-state index is 0.0537. The molecular weight excluding hydrogens is 224 g/mol. The van der Waals surface area contributed by atoms with Crippen molar-refractivity contribution in [2.24, 2.45) is 5.92 Å². The maximum absolute atomic E-state index is 12.0. The summed E-state index contributed by atoms with van der Waals surface area (Å²) in [6.07, 6.45) is 3.39. The Labute approximate surface area is 109 Å². The molecule has 98 valence electrons. The molecule has 3 nitrogen and oxygen atoms in total. The normalized spacial score (nSPS) is 21.4. The second-order valence-corrected chi connectivity index (χ2v) is 4.99. The lowest BCUT2D eigenvalue weighted by Crippen LogP contribution is -2.26. The lowest BCUT2D eigenvalue weighted by Gasteiger charge is -2.07. The zero-order valence-electron chi connectivity index (χ0n) is 11.2. The number of anilines is 1. The van der Waals surface area contributed by atoms with Gasteiger partial charge in [-0.25, -0.2) is 0 Å². The van der Waals surface area contributed by atoms with E-state index in [1.165, 1.54) is 0 Å². The largest absolute Gasteiger partial charge is 0.385 e. The molecule has 0 saturated heterocycles. The summed E-state index contributed by atoms with van der Waals surface area (Å²) in [5.41, 5.74) is 1.82. The number of rotatable bonds is 6. The molecule has 1 aliphatic carbocycles. The zero-order valence-corrected chi connectivity index (χ0v) is 11.2. The maximum Gasteiger partial charge on any atom is 0.251 e. The van der Waals surface area contributed by atoms with Crippen LogP contribution in [0.25, 0.3) is 0 Å². The van der Waals surface area contributed by atoms with Crippen molar-refractivity contribution < 1.29 is 4.79 Å². The average Bonchev–Trinajstić information content (AvgIpc) is 3.15. The van der Waals surface area contributed by atoms with Crippen molar-refractivity contribution in [2.75, 3.05) is 11.9 Å². The molecule has 0 bridgehead atoms. The molecule has 2 rings (SSSR count). The van der Waals surface area contributed by atoms with E-state index in [0.717, 1.165) is 37.1 Å². The number of carbonyl (C=O) groups is 1. The Morgan fingerprint density at radius 1 is 1.28 bits per heavy atom. The van der Waals surface area contributed by atoms with Gasteiger partial charge in [-0.05, 0) is 43.0 Å². The summed E-state index contributed by atoms with van der Waals surface area (Å²) in [6.45, 7) is 5.27. The fourth-order valence-corrected chi connectivity index (χ4v) is 2.14. The fraction of sp³-hybridized carbons (Fsp3) is 0.533. The summed E-state index contributed by atoms with van der Waals surface area (Å²) >= 11 is 0. The minimum Gasteiger partial charge on any atom is -0.385 e. The van der Waals surface area contributed by atoms with Crippen molar-refractivity contribution in [2.45, 2.75) is 39.2 Å². The number of hydrogen-bond acceptors (Lipinski definition) is 2. The standard InChI is InChI=1S/C15H22N2O/c1-3-9-16-13-7-5-12(6-8-13)15(18)17-14-10-11(14)4-2/h5-8,11,14,16H,3-4,9-10H2,1-2H3,(H,17,18). The number of carbonyl (C=O) groups excluding carboxylic acids is 1. The molecule has 2 unspecified atom stereocenters. The van der Waals surface area contributed by atoms with Crippen LogP contribution in [0.1, 0.15) is 43.5 Å². The third kappa shape index (κ3) is 3.25. The van der Waals surface area contributed by atoms with E-state index in [4.69, 9.17) is 0 Å². The van der Waals surface area contributed by atoms with Crippen LogP contribution in [0.4, 0.5) is 5.69 Å². The summed E-state index contributed by atoms with van der Waals surface area (Å²) in [4.78, 5) is 12.0. The number of benzene rings is 1. The monoisotopic (exact) mass is 246 g/mol. The molecule has 1 fully saturated rings. The van der Waals surface area contributed by atoms with Gasteiger partial charge in [0.15, 0.2) is 0 Å². The number of hydrogen-bond donors (Lipinski definition) is 2. The Morgan fingerprint density at radius 3 is 2.56 bits per heavy atom. The molecule has 2 N–H and O–H groups in total. The summed E-state index contributed by atoms with van der Waals surface area (Å²) < 4.78 is 0.